The Bertz CT molecular complexity index is 1170. The molecule has 7 heteroatoms. The molecule has 0 aliphatic rings. The second-order valence-electron chi connectivity index (χ2n) is 6.33. The third-order valence-corrected chi connectivity index (χ3v) is 6.16. The zero-order chi connectivity index (χ0) is 19.7. The zero-order valence-corrected chi connectivity index (χ0v) is 17.0. The van der Waals surface area contributed by atoms with Crippen molar-refractivity contribution in [3.8, 4) is 11.4 Å². The highest BCUT2D eigenvalue weighted by Crippen LogP contribution is 2.35. The van der Waals surface area contributed by atoms with E-state index in [2.05, 4.69) is 10.3 Å². The second kappa shape index (κ2) is 7.66. The van der Waals surface area contributed by atoms with Crippen LogP contribution in [0.3, 0.4) is 0 Å². The van der Waals surface area contributed by atoms with Crippen LogP contribution >= 0.6 is 22.9 Å². The van der Waals surface area contributed by atoms with E-state index >= 15 is 0 Å². The van der Waals surface area contributed by atoms with Crippen LogP contribution in [-0.2, 0) is 6.54 Å². The highest BCUT2D eigenvalue weighted by Gasteiger charge is 2.14. The first-order valence-electron chi connectivity index (χ1n) is 8.70. The first-order valence-corrected chi connectivity index (χ1v) is 9.89. The Labute approximate surface area is 171 Å². The highest BCUT2D eigenvalue weighted by molar-refractivity contribution is 7.19. The normalized spacial score (nSPS) is 11.0. The summed E-state index contributed by atoms with van der Waals surface area (Å²) in [5, 5.41) is 4.66. The molecule has 0 saturated heterocycles. The summed E-state index contributed by atoms with van der Waals surface area (Å²) in [6.07, 6.45) is 3.62. The molecule has 4 aromatic rings. The molecule has 0 radical (unpaired) electrons. The Morgan fingerprint density at radius 1 is 1.29 bits per heavy atom. The predicted octanol–water partition coefficient (Wildman–Crippen LogP) is 4.99. The number of carbonyl (C=O) groups excluding carboxylic acids is 1. The zero-order valence-electron chi connectivity index (χ0n) is 15.4. The Kier molecular flexibility index (Phi) is 5.07. The minimum atomic E-state index is -0.180. The number of aryl methyl sites for hydroxylation is 1. The van der Waals surface area contributed by atoms with E-state index in [0.29, 0.717) is 22.9 Å². The van der Waals surface area contributed by atoms with E-state index in [9.17, 15) is 4.79 Å². The van der Waals surface area contributed by atoms with Crippen LogP contribution in [0.2, 0.25) is 5.02 Å². The molecule has 0 spiro atoms. The molecule has 28 heavy (non-hydrogen) atoms. The van der Waals surface area contributed by atoms with Crippen molar-refractivity contribution in [3.05, 3.63) is 76.1 Å². The summed E-state index contributed by atoms with van der Waals surface area (Å²) in [5.74, 6) is 0.421. The molecule has 1 N–H and O–H groups in total. The van der Waals surface area contributed by atoms with Gasteiger partial charge in [-0.05, 0) is 31.2 Å². The summed E-state index contributed by atoms with van der Waals surface area (Å²) in [6, 6.07) is 13.3. The molecule has 0 unspecified atom stereocenters. The number of thiophene rings is 1. The highest BCUT2D eigenvalue weighted by atomic mass is 35.5. The summed E-state index contributed by atoms with van der Waals surface area (Å²) >= 11 is 8.04. The number of carbonyl (C=O) groups is 1. The number of hydrogen-bond acceptors (Lipinski definition) is 4. The van der Waals surface area contributed by atoms with Gasteiger partial charge in [-0.1, -0.05) is 29.8 Å². The van der Waals surface area contributed by atoms with Crippen LogP contribution in [0.1, 0.15) is 20.9 Å². The largest absolute Gasteiger partial charge is 0.495 e. The predicted molar refractivity (Wildman–Crippen MR) is 113 cm³/mol. The molecular formula is C21H18ClN3O2S. The van der Waals surface area contributed by atoms with Crippen molar-refractivity contribution < 1.29 is 9.53 Å². The molecule has 4 rings (SSSR count). The van der Waals surface area contributed by atoms with Crippen molar-refractivity contribution >= 4 is 38.9 Å². The molecule has 2 heterocycles. The second-order valence-corrected chi connectivity index (χ2v) is 7.84. The fraction of sp³-hybridized carbons (Fsp3) is 0.143. The minimum absolute atomic E-state index is 0.180. The van der Waals surface area contributed by atoms with Gasteiger partial charge in [-0.25, -0.2) is 4.98 Å². The van der Waals surface area contributed by atoms with Crippen molar-refractivity contribution in [3.63, 3.8) is 0 Å². The molecule has 2 aromatic carbocycles. The van der Waals surface area contributed by atoms with Gasteiger partial charge in [0.15, 0.2) is 0 Å². The van der Waals surface area contributed by atoms with Gasteiger partial charge in [0.05, 0.1) is 36.4 Å². The van der Waals surface area contributed by atoms with E-state index in [-0.39, 0.29) is 5.91 Å². The summed E-state index contributed by atoms with van der Waals surface area (Å²) in [4.78, 5) is 17.8. The van der Waals surface area contributed by atoms with Gasteiger partial charge >= 0.3 is 0 Å². The lowest BCUT2D eigenvalue weighted by atomic mass is 10.1. The molecule has 142 valence electrons. The Balaban J connectivity index is 1.53. The average molecular weight is 412 g/mol. The van der Waals surface area contributed by atoms with Crippen LogP contribution in [0.5, 0.6) is 5.75 Å². The first-order chi connectivity index (χ1) is 13.6. The number of fused-ring (bicyclic) bond motifs is 1. The molecule has 0 bridgehead atoms. The van der Waals surface area contributed by atoms with Crippen LogP contribution in [0.15, 0.2) is 55.0 Å². The fourth-order valence-corrected chi connectivity index (χ4v) is 4.47. The molecule has 1 amide bonds. The SMILES string of the molecule is COc1cc(C(=O)NCc2sc3ccccc3c2Cl)ccc1-n1cnc(C)c1. The number of imidazole rings is 1. The Morgan fingerprint density at radius 2 is 2.11 bits per heavy atom. The van der Waals surface area contributed by atoms with E-state index in [0.717, 1.165) is 26.3 Å². The summed E-state index contributed by atoms with van der Waals surface area (Å²) in [5.41, 5.74) is 2.26. The number of hydrogen-bond donors (Lipinski definition) is 1. The van der Waals surface area contributed by atoms with Gasteiger partial charge in [0.25, 0.3) is 5.91 Å². The number of ether oxygens (including phenoxy) is 1. The Hall–Kier alpha value is -2.83. The lowest BCUT2D eigenvalue weighted by Crippen LogP contribution is -2.22. The monoisotopic (exact) mass is 411 g/mol. The molecule has 0 aliphatic heterocycles. The van der Waals surface area contributed by atoms with Crippen molar-refractivity contribution in [2.75, 3.05) is 7.11 Å². The molecule has 0 atom stereocenters. The van der Waals surface area contributed by atoms with Crippen LogP contribution in [0.4, 0.5) is 0 Å². The number of rotatable bonds is 5. The third kappa shape index (κ3) is 3.48. The van der Waals surface area contributed by atoms with Gasteiger partial charge in [0, 0.05) is 26.7 Å². The maximum atomic E-state index is 12.6. The third-order valence-electron chi connectivity index (χ3n) is 4.44. The molecule has 0 fully saturated rings. The quantitative estimate of drug-likeness (QED) is 0.503. The van der Waals surface area contributed by atoms with Gasteiger partial charge in [0.2, 0.25) is 0 Å². The number of amides is 1. The van der Waals surface area contributed by atoms with E-state index in [1.807, 2.05) is 48.0 Å². The minimum Gasteiger partial charge on any atom is -0.495 e. The van der Waals surface area contributed by atoms with E-state index in [1.54, 1.807) is 36.9 Å². The van der Waals surface area contributed by atoms with Crippen molar-refractivity contribution in [2.45, 2.75) is 13.5 Å². The smallest absolute Gasteiger partial charge is 0.251 e. The summed E-state index contributed by atoms with van der Waals surface area (Å²) in [7, 11) is 1.58. The number of nitrogens with zero attached hydrogens (tertiary/aromatic N) is 2. The summed E-state index contributed by atoms with van der Waals surface area (Å²) < 4.78 is 8.45. The molecule has 0 saturated carbocycles. The van der Waals surface area contributed by atoms with Gasteiger partial charge in [-0.2, -0.15) is 0 Å². The van der Waals surface area contributed by atoms with E-state index in [4.69, 9.17) is 16.3 Å². The van der Waals surface area contributed by atoms with Gasteiger partial charge in [0.1, 0.15) is 5.75 Å². The maximum absolute atomic E-state index is 12.6. The number of benzene rings is 2. The number of halogens is 1. The van der Waals surface area contributed by atoms with Gasteiger partial charge in [-0.15, -0.1) is 11.3 Å². The van der Waals surface area contributed by atoms with Crippen LogP contribution in [0.25, 0.3) is 15.8 Å². The number of nitrogens with one attached hydrogen (secondary N) is 1. The van der Waals surface area contributed by atoms with Gasteiger partial charge < -0.3 is 14.6 Å². The maximum Gasteiger partial charge on any atom is 0.251 e. The lowest BCUT2D eigenvalue weighted by Gasteiger charge is -2.11. The average Bonchev–Trinajstić information content (AvgIpc) is 3.29. The fourth-order valence-electron chi connectivity index (χ4n) is 3.03. The Morgan fingerprint density at radius 3 is 2.82 bits per heavy atom. The van der Waals surface area contributed by atoms with Crippen LogP contribution < -0.4 is 10.1 Å². The molecule has 2 aromatic heterocycles. The lowest BCUT2D eigenvalue weighted by molar-refractivity contribution is 0.0951. The topological polar surface area (TPSA) is 56.1 Å². The van der Waals surface area contributed by atoms with Crippen LogP contribution in [0, 0.1) is 6.92 Å². The number of methoxy groups -OCH3 is 1. The van der Waals surface area contributed by atoms with Gasteiger partial charge in [-0.3, -0.25) is 4.79 Å². The number of aromatic nitrogens is 2. The van der Waals surface area contributed by atoms with E-state index < -0.39 is 0 Å². The van der Waals surface area contributed by atoms with Crippen molar-refractivity contribution in [1.29, 1.82) is 0 Å². The van der Waals surface area contributed by atoms with E-state index in [1.165, 1.54) is 0 Å². The standard InChI is InChI=1S/C21H18ClN3O2S/c1-13-11-25(12-24-13)16-8-7-14(9-17(16)27-2)21(26)23-10-19-20(22)15-5-3-4-6-18(15)28-19/h3-9,11-12H,10H2,1-2H3,(H,23,26). The molecule has 0 aliphatic carbocycles. The van der Waals surface area contributed by atoms with Crippen LogP contribution in [-0.4, -0.2) is 22.6 Å². The molecular weight excluding hydrogens is 394 g/mol. The molecule has 5 nitrogen and oxygen atoms in total. The van der Waals surface area contributed by atoms with Crippen molar-refractivity contribution in [1.82, 2.24) is 14.9 Å². The van der Waals surface area contributed by atoms with Crippen molar-refractivity contribution in [2.24, 2.45) is 0 Å². The summed E-state index contributed by atoms with van der Waals surface area (Å²) in [6.45, 7) is 2.30. The first kappa shape index (κ1) is 18.5.